The van der Waals surface area contributed by atoms with Crippen LogP contribution in [0.15, 0.2) is 48.5 Å². The van der Waals surface area contributed by atoms with Crippen molar-refractivity contribution in [3.8, 4) is 5.75 Å². The van der Waals surface area contributed by atoms with Crippen molar-refractivity contribution < 1.29 is 14.3 Å². The van der Waals surface area contributed by atoms with E-state index in [1.54, 1.807) is 16.9 Å². The third-order valence-electron chi connectivity index (χ3n) is 5.97. The van der Waals surface area contributed by atoms with Gasteiger partial charge in [-0.05, 0) is 56.2 Å². The lowest BCUT2D eigenvalue weighted by Gasteiger charge is -2.51. The molecular formula is C23H26N2O3. The standard InChI is InChI=1S/C23H26N2O3/c1-17-6-8-18(9-7-17)24-16-21(26)25(19-10-12-20(28-2)13-11-19)23(22(24)27)14-4-3-5-15-23/h6-13H,3-5,14-16H2,1-2H3. The van der Waals surface area contributed by atoms with Gasteiger partial charge in [-0.1, -0.05) is 37.0 Å². The largest absolute Gasteiger partial charge is 0.497 e. The fourth-order valence-electron chi connectivity index (χ4n) is 4.49. The summed E-state index contributed by atoms with van der Waals surface area (Å²) in [7, 11) is 1.62. The number of hydrogen-bond acceptors (Lipinski definition) is 3. The van der Waals surface area contributed by atoms with Crippen molar-refractivity contribution in [2.75, 3.05) is 23.5 Å². The second-order valence-corrected chi connectivity index (χ2v) is 7.75. The first-order chi connectivity index (χ1) is 13.5. The van der Waals surface area contributed by atoms with Crippen molar-refractivity contribution in [2.45, 2.75) is 44.6 Å². The number of methoxy groups -OCH3 is 1. The Morgan fingerprint density at radius 3 is 2.07 bits per heavy atom. The van der Waals surface area contributed by atoms with Gasteiger partial charge in [0, 0.05) is 11.4 Å². The molecule has 1 aliphatic heterocycles. The average Bonchev–Trinajstić information content (AvgIpc) is 2.73. The molecule has 5 nitrogen and oxygen atoms in total. The Kier molecular flexibility index (Phi) is 4.84. The number of carbonyl (C=O) groups is 2. The van der Waals surface area contributed by atoms with E-state index < -0.39 is 5.54 Å². The highest BCUT2D eigenvalue weighted by molar-refractivity contribution is 6.16. The van der Waals surface area contributed by atoms with Gasteiger partial charge in [0.15, 0.2) is 0 Å². The quantitative estimate of drug-likeness (QED) is 0.808. The summed E-state index contributed by atoms with van der Waals surface area (Å²) in [5, 5.41) is 0. The second-order valence-electron chi connectivity index (χ2n) is 7.75. The summed E-state index contributed by atoms with van der Waals surface area (Å²) in [5.74, 6) is 0.734. The summed E-state index contributed by atoms with van der Waals surface area (Å²) in [4.78, 5) is 30.5. The monoisotopic (exact) mass is 378 g/mol. The van der Waals surface area contributed by atoms with Gasteiger partial charge in [0.25, 0.3) is 5.91 Å². The zero-order valence-electron chi connectivity index (χ0n) is 16.5. The SMILES string of the molecule is COc1ccc(N2C(=O)CN(c3ccc(C)cc3)C(=O)C23CCCCC3)cc1. The van der Waals surface area contributed by atoms with Gasteiger partial charge in [-0.25, -0.2) is 0 Å². The smallest absolute Gasteiger partial charge is 0.253 e. The number of nitrogens with zero attached hydrogens (tertiary/aromatic N) is 2. The molecule has 2 aromatic carbocycles. The van der Waals surface area contributed by atoms with E-state index in [4.69, 9.17) is 4.74 Å². The van der Waals surface area contributed by atoms with Crippen molar-refractivity contribution in [3.63, 3.8) is 0 Å². The van der Waals surface area contributed by atoms with E-state index in [2.05, 4.69) is 0 Å². The second kappa shape index (κ2) is 7.30. The molecule has 1 aliphatic carbocycles. The van der Waals surface area contributed by atoms with Crippen molar-refractivity contribution in [1.29, 1.82) is 0 Å². The third-order valence-corrected chi connectivity index (χ3v) is 5.97. The summed E-state index contributed by atoms with van der Waals surface area (Å²) >= 11 is 0. The van der Waals surface area contributed by atoms with Gasteiger partial charge in [-0.15, -0.1) is 0 Å². The highest BCUT2D eigenvalue weighted by Gasteiger charge is 2.53. The average molecular weight is 378 g/mol. The van der Waals surface area contributed by atoms with Crippen LogP contribution >= 0.6 is 0 Å². The number of anilines is 2. The van der Waals surface area contributed by atoms with Crippen LogP contribution in [0.2, 0.25) is 0 Å². The first-order valence-corrected chi connectivity index (χ1v) is 9.91. The molecule has 0 radical (unpaired) electrons. The summed E-state index contributed by atoms with van der Waals surface area (Å²) in [6, 6.07) is 15.3. The molecule has 0 unspecified atom stereocenters. The lowest BCUT2D eigenvalue weighted by atomic mass is 9.77. The molecule has 0 aromatic heterocycles. The fourth-order valence-corrected chi connectivity index (χ4v) is 4.49. The van der Waals surface area contributed by atoms with E-state index in [9.17, 15) is 9.59 Å². The molecule has 1 heterocycles. The highest BCUT2D eigenvalue weighted by Crippen LogP contribution is 2.42. The van der Waals surface area contributed by atoms with Crippen LogP contribution in [0.25, 0.3) is 0 Å². The molecule has 0 bridgehead atoms. The van der Waals surface area contributed by atoms with Gasteiger partial charge in [-0.3, -0.25) is 14.5 Å². The molecule has 2 amide bonds. The van der Waals surface area contributed by atoms with E-state index in [-0.39, 0.29) is 18.4 Å². The summed E-state index contributed by atoms with van der Waals surface area (Å²) in [6.07, 6.45) is 4.41. The number of piperazine rings is 1. The van der Waals surface area contributed by atoms with Crippen LogP contribution in [0.3, 0.4) is 0 Å². The molecule has 4 rings (SSSR count). The zero-order valence-corrected chi connectivity index (χ0v) is 16.5. The van der Waals surface area contributed by atoms with Gasteiger partial charge in [-0.2, -0.15) is 0 Å². The molecule has 5 heteroatoms. The summed E-state index contributed by atoms with van der Waals surface area (Å²) < 4.78 is 5.25. The minimum Gasteiger partial charge on any atom is -0.497 e. The van der Waals surface area contributed by atoms with Crippen LogP contribution < -0.4 is 14.5 Å². The first-order valence-electron chi connectivity index (χ1n) is 9.91. The van der Waals surface area contributed by atoms with Crippen molar-refractivity contribution in [1.82, 2.24) is 0 Å². The third kappa shape index (κ3) is 3.05. The first kappa shape index (κ1) is 18.5. The lowest BCUT2D eigenvalue weighted by Crippen LogP contribution is -2.69. The van der Waals surface area contributed by atoms with Crippen molar-refractivity contribution in [2.24, 2.45) is 0 Å². The Morgan fingerprint density at radius 1 is 0.857 bits per heavy atom. The van der Waals surface area contributed by atoms with Gasteiger partial charge < -0.3 is 9.64 Å². The van der Waals surface area contributed by atoms with Crippen LogP contribution in [0, 0.1) is 6.92 Å². The van der Waals surface area contributed by atoms with E-state index in [0.717, 1.165) is 42.0 Å². The molecule has 1 saturated heterocycles. The number of carbonyl (C=O) groups excluding carboxylic acids is 2. The number of rotatable bonds is 3. The van der Waals surface area contributed by atoms with Crippen LogP contribution in [0.1, 0.15) is 37.7 Å². The van der Waals surface area contributed by atoms with Crippen LogP contribution in [-0.2, 0) is 9.59 Å². The molecule has 2 aliphatic rings. The molecule has 2 aromatic rings. The Morgan fingerprint density at radius 2 is 1.46 bits per heavy atom. The lowest BCUT2D eigenvalue weighted by molar-refractivity contribution is -0.133. The molecule has 0 atom stereocenters. The molecule has 0 N–H and O–H groups in total. The Labute approximate surface area is 165 Å². The predicted octanol–water partition coefficient (Wildman–Crippen LogP) is 4.09. The van der Waals surface area contributed by atoms with Gasteiger partial charge in [0.2, 0.25) is 5.91 Å². The minimum absolute atomic E-state index is 0.0338. The van der Waals surface area contributed by atoms with E-state index in [1.807, 2.05) is 55.5 Å². The van der Waals surface area contributed by atoms with E-state index in [0.29, 0.717) is 12.8 Å². The maximum Gasteiger partial charge on any atom is 0.253 e. The number of hydrogen-bond donors (Lipinski definition) is 0. The Bertz CT molecular complexity index is 868. The maximum absolute atomic E-state index is 13.7. The van der Waals surface area contributed by atoms with Crippen molar-refractivity contribution in [3.05, 3.63) is 54.1 Å². The van der Waals surface area contributed by atoms with Crippen LogP contribution in [0.4, 0.5) is 11.4 Å². The number of aryl methyl sites for hydroxylation is 1. The van der Waals surface area contributed by atoms with E-state index >= 15 is 0 Å². The van der Waals surface area contributed by atoms with Gasteiger partial charge in [0.1, 0.15) is 17.8 Å². The molecule has 1 saturated carbocycles. The number of benzene rings is 2. The van der Waals surface area contributed by atoms with E-state index in [1.165, 1.54) is 0 Å². The molecule has 28 heavy (non-hydrogen) atoms. The number of ether oxygens (including phenoxy) is 1. The topological polar surface area (TPSA) is 49.9 Å². The van der Waals surface area contributed by atoms with Crippen molar-refractivity contribution >= 4 is 23.2 Å². The van der Waals surface area contributed by atoms with Gasteiger partial charge >= 0.3 is 0 Å². The zero-order chi connectivity index (χ0) is 19.7. The highest BCUT2D eigenvalue weighted by atomic mass is 16.5. The fraction of sp³-hybridized carbons (Fsp3) is 0.391. The Balaban J connectivity index is 1.76. The Hall–Kier alpha value is -2.82. The normalized spacial score (nSPS) is 19.2. The predicted molar refractivity (Wildman–Crippen MR) is 110 cm³/mol. The maximum atomic E-state index is 13.7. The van der Waals surface area contributed by atoms with Crippen LogP contribution in [0.5, 0.6) is 5.75 Å². The van der Waals surface area contributed by atoms with Gasteiger partial charge in [0.05, 0.1) is 7.11 Å². The summed E-state index contributed by atoms with van der Waals surface area (Å²) in [5.41, 5.74) is 1.90. The molecule has 1 spiro atoms. The van der Waals surface area contributed by atoms with Crippen LogP contribution in [-0.4, -0.2) is 31.0 Å². The molecule has 146 valence electrons. The minimum atomic E-state index is -0.799. The molecule has 2 fully saturated rings. The summed E-state index contributed by atoms with van der Waals surface area (Å²) in [6.45, 7) is 2.08. The molecular weight excluding hydrogens is 352 g/mol. The number of amides is 2.